The van der Waals surface area contributed by atoms with Gasteiger partial charge in [0.05, 0.1) is 0 Å². The highest BCUT2D eigenvalue weighted by Gasteiger charge is 1.96. The number of guanidine groups is 1. The smallest absolute Gasteiger partial charge is 0.188 e. The van der Waals surface area contributed by atoms with Gasteiger partial charge in [-0.15, -0.1) is 47.1 Å². The second kappa shape index (κ2) is 11.8. The minimum atomic E-state index is 0. The molecule has 0 unspecified atom stereocenters. The molecule has 0 atom stereocenters. The van der Waals surface area contributed by atoms with Crippen molar-refractivity contribution in [3.05, 3.63) is 52.7 Å². The summed E-state index contributed by atoms with van der Waals surface area (Å²) in [6.07, 6.45) is 2.03. The molecule has 3 nitrogen and oxygen atoms in total. The Morgan fingerprint density at radius 1 is 1.18 bits per heavy atom. The topological polar surface area (TPSA) is 50.4 Å². The van der Waals surface area contributed by atoms with E-state index in [9.17, 15) is 0 Å². The van der Waals surface area contributed by atoms with Crippen LogP contribution in [-0.2, 0) is 6.42 Å². The van der Waals surface area contributed by atoms with Crippen LogP contribution in [0, 0.1) is 0 Å². The predicted molar refractivity (Wildman–Crippen MR) is 110 cm³/mol. The third kappa shape index (κ3) is 8.05. The summed E-state index contributed by atoms with van der Waals surface area (Å²) in [6.45, 7) is 1.62. The summed E-state index contributed by atoms with van der Waals surface area (Å²) in [5.74, 6) is 1.62. The molecule has 0 saturated heterocycles. The Balaban J connectivity index is 0.00000242. The van der Waals surface area contributed by atoms with Gasteiger partial charge in [-0.2, -0.15) is 0 Å². The molecule has 0 saturated carbocycles. The third-order valence-corrected chi connectivity index (χ3v) is 4.89. The van der Waals surface area contributed by atoms with E-state index in [0.29, 0.717) is 5.96 Å². The lowest BCUT2D eigenvalue weighted by Crippen LogP contribution is -2.33. The lowest BCUT2D eigenvalue weighted by molar-refractivity contribution is 0.848. The first-order valence-corrected chi connectivity index (χ1v) is 8.95. The van der Waals surface area contributed by atoms with Gasteiger partial charge in [-0.3, -0.25) is 4.99 Å². The van der Waals surface area contributed by atoms with E-state index in [1.54, 1.807) is 11.3 Å². The molecule has 0 aliphatic carbocycles. The number of nitrogens with two attached hydrogens (primary N) is 1. The van der Waals surface area contributed by atoms with Crippen LogP contribution in [0.15, 0.2) is 57.7 Å². The standard InChI is InChI=1S/C16H21N3S2.HI/c17-16(19-11-9-15-8-4-12-20-15)18-10-5-13-21-14-6-2-1-3-7-14;/h1-4,6-8,12H,5,9-11,13H2,(H3,17,18,19);1H. The van der Waals surface area contributed by atoms with Crippen LogP contribution in [-0.4, -0.2) is 24.8 Å². The maximum absolute atomic E-state index is 5.84. The van der Waals surface area contributed by atoms with Crippen LogP contribution in [0.25, 0.3) is 0 Å². The Bertz CT molecular complexity index is 530. The van der Waals surface area contributed by atoms with Crippen molar-refractivity contribution in [3.8, 4) is 0 Å². The molecule has 0 amide bonds. The van der Waals surface area contributed by atoms with E-state index in [1.807, 2.05) is 17.8 Å². The third-order valence-electron chi connectivity index (χ3n) is 2.85. The summed E-state index contributed by atoms with van der Waals surface area (Å²) in [6, 6.07) is 14.6. The maximum Gasteiger partial charge on any atom is 0.188 e. The highest BCUT2D eigenvalue weighted by atomic mass is 127. The number of nitrogens with zero attached hydrogens (tertiary/aromatic N) is 1. The lowest BCUT2D eigenvalue weighted by atomic mass is 10.3. The molecule has 0 fully saturated rings. The van der Waals surface area contributed by atoms with E-state index in [0.717, 1.165) is 31.7 Å². The maximum atomic E-state index is 5.84. The van der Waals surface area contributed by atoms with E-state index in [1.165, 1.54) is 9.77 Å². The number of nitrogens with one attached hydrogen (secondary N) is 1. The summed E-state index contributed by atoms with van der Waals surface area (Å²) in [7, 11) is 0. The van der Waals surface area contributed by atoms with Gasteiger partial charge in [-0.05, 0) is 42.2 Å². The van der Waals surface area contributed by atoms with E-state index in [-0.39, 0.29) is 24.0 Å². The van der Waals surface area contributed by atoms with Crippen LogP contribution in [0.3, 0.4) is 0 Å². The monoisotopic (exact) mass is 447 g/mol. The molecular weight excluding hydrogens is 425 g/mol. The normalized spacial score (nSPS) is 11.0. The van der Waals surface area contributed by atoms with Gasteiger partial charge in [-0.1, -0.05) is 24.3 Å². The number of thiophene rings is 1. The fourth-order valence-electron chi connectivity index (χ4n) is 1.80. The van der Waals surface area contributed by atoms with Gasteiger partial charge in [-0.25, -0.2) is 0 Å². The van der Waals surface area contributed by atoms with E-state index < -0.39 is 0 Å². The van der Waals surface area contributed by atoms with Crippen LogP contribution in [0.2, 0.25) is 0 Å². The van der Waals surface area contributed by atoms with Crippen molar-refractivity contribution in [2.45, 2.75) is 17.7 Å². The molecule has 0 radical (unpaired) electrons. The number of hydrogen-bond donors (Lipinski definition) is 2. The Kier molecular flexibility index (Phi) is 10.3. The average molecular weight is 447 g/mol. The summed E-state index contributed by atoms with van der Waals surface area (Å²) >= 11 is 3.63. The van der Waals surface area contributed by atoms with Crippen LogP contribution in [0.5, 0.6) is 0 Å². The summed E-state index contributed by atoms with van der Waals surface area (Å²) in [5.41, 5.74) is 5.84. The molecule has 0 spiro atoms. The zero-order valence-electron chi connectivity index (χ0n) is 12.4. The Morgan fingerprint density at radius 3 is 2.73 bits per heavy atom. The first kappa shape index (κ1) is 19.3. The second-order valence-corrected chi connectivity index (χ2v) is 6.74. The van der Waals surface area contributed by atoms with Crippen LogP contribution in [0.4, 0.5) is 0 Å². The first-order valence-electron chi connectivity index (χ1n) is 7.08. The first-order chi connectivity index (χ1) is 10.3. The van der Waals surface area contributed by atoms with E-state index in [2.05, 4.69) is 52.1 Å². The molecule has 1 heterocycles. The van der Waals surface area contributed by atoms with Gasteiger partial charge in [0.25, 0.3) is 0 Å². The van der Waals surface area contributed by atoms with Crippen LogP contribution in [0.1, 0.15) is 11.3 Å². The number of halogens is 1. The molecule has 1 aromatic carbocycles. The van der Waals surface area contributed by atoms with Crippen molar-refractivity contribution >= 4 is 53.0 Å². The number of aliphatic imine (C=N–C) groups is 1. The van der Waals surface area contributed by atoms with Gasteiger partial charge < -0.3 is 11.1 Å². The lowest BCUT2D eigenvalue weighted by Gasteiger charge is -2.04. The van der Waals surface area contributed by atoms with Crippen molar-refractivity contribution in [3.63, 3.8) is 0 Å². The zero-order valence-corrected chi connectivity index (χ0v) is 16.4. The number of thioether (sulfide) groups is 1. The van der Waals surface area contributed by atoms with Crippen molar-refractivity contribution in [2.75, 3.05) is 18.8 Å². The fourth-order valence-corrected chi connectivity index (χ4v) is 3.36. The van der Waals surface area contributed by atoms with Crippen molar-refractivity contribution in [1.82, 2.24) is 5.32 Å². The molecule has 22 heavy (non-hydrogen) atoms. The molecule has 0 aliphatic rings. The number of rotatable bonds is 8. The minimum absolute atomic E-state index is 0. The van der Waals surface area contributed by atoms with Crippen molar-refractivity contribution in [2.24, 2.45) is 10.7 Å². The molecule has 2 aromatic rings. The van der Waals surface area contributed by atoms with Gasteiger partial charge in [0.2, 0.25) is 0 Å². The molecule has 3 N–H and O–H groups in total. The minimum Gasteiger partial charge on any atom is -0.370 e. The molecule has 0 bridgehead atoms. The largest absolute Gasteiger partial charge is 0.370 e. The summed E-state index contributed by atoms with van der Waals surface area (Å²) in [4.78, 5) is 7.03. The Morgan fingerprint density at radius 2 is 2.00 bits per heavy atom. The van der Waals surface area contributed by atoms with E-state index in [4.69, 9.17) is 5.73 Å². The highest BCUT2D eigenvalue weighted by Crippen LogP contribution is 2.17. The van der Waals surface area contributed by atoms with Crippen LogP contribution >= 0.6 is 47.1 Å². The summed E-state index contributed by atoms with van der Waals surface area (Å²) < 4.78 is 0. The zero-order chi connectivity index (χ0) is 14.8. The number of hydrogen-bond acceptors (Lipinski definition) is 3. The molecule has 120 valence electrons. The second-order valence-electron chi connectivity index (χ2n) is 4.54. The van der Waals surface area contributed by atoms with Crippen molar-refractivity contribution in [1.29, 1.82) is 0 Å². The van der Waals surface area contributed by atoms with Gasteiger partial charge in [0.15, 0.2) is 5.96 Å². The molecule has 2 rings (SSSR count). The Hall–Kier alpha value is -0.730. The van der Waals surface area contributed by atoms with Gasteiger partial charge >= 0.3 is 0 Å². The highest BCUT2D eigenvalue weighted by molar-refractivity contribution is 14.0. The van der Waals surface area contributed by atoms with Crippen LogP contribution < -0.4 is 11.1 Å². The Labute approximate surface area is 157 Å². The van der Waals surface area contributed by atoms with Crippen molar-refractivity contribution < 1.29 is 0 Å². The molecule has 1 aromatic heterocycles. The van der Waals surface area contributed by atoms with Gasteiger partial charge in [0.1, 0.15) is 0 Å². The summed E-state index contributed by atoms with van der Waals surface area (Å²) in [5, 5.41) is 5.25. The fraction of sp³-hybridized carbons (Fsp3) is 0.312. The molecule has 6 heteroatoms. The van der Waals surface area contributed by atoms with E-state index >= 15 is 0 Å². The predicted octanol–water partition coefficient (Wildman–Crippen LogP) is 4.00. The average Bonchev–Trinajstić information content (AvgIpc) is 3.01. The SMILES string of the molecule is I.NC(=NCCCSc1ccccc1)NCCc1cccs1. The van der Waals surface area contributed by atoms with Gasteiger partial charge in [0, 0.05) is 22.9 Å². The molecular formula is C16H22IN3S2. The molecule has 0 aliphatic heterocycles. The quantitative estimate of drug-likeness (QED) is 0.212. The number of benzene rings is 1.